The molecule has 1 atom stereocenters. The first-order valence-electron chi connectivity index (χ1n) is 7.93. The second kappa shape index (κ2) is 5.76. The van der Waals surface area contributed by atoms with E-state index in [2.05, 4.69) is 41.4 Å². The summed E-state index contributed by atoms with van der Waals surface area (Å²) in [6.07, 6.45) is 5.56. The summed E-state index contributed by atoms with van der Waals surface area (Å²) in [4.78, 5) is 2.13. The monoisotopic (exact) mass is 302 g/mol. The van der Waals surface area contributed by atoms with Gasteiger partial charge in [-0.2, -0.15) is 10.2 Å². The van der Waals surface area contributed by atoms with Crippen molar-refractivity contribution in [1.82, 2.24) is 24.9 Å². The Hall–Kier alpha value is -1.82. The van der Waals surface area contributed by atoms with Gasteiger partial charge in [0.2, 0.25) is 0 Å². The van der Waals surface area contributed by atoms with Crippen LogP contribution in [0.4, 0.5) is 5.82 Å². The minimum Gasteiger partial charge on any atom is -0.363 e. The molecule has 2 aromatic heterocycles. The van der Waals surface area contributed by atoms with Crippen molar-refractivity contribution in [1.29, 1.82) is 0 Å². The fraction of sp³-hybridized carbons (Fsp3) is 0.625. The zero-order valence-corrected chi connectivity index (χ0v) is 14.2. The molecule has 1 aliphatic rings. The number of hydrogen-bond donors (Lipinski definition) is 1. The number of anilines is 1. The van der Waals surface area contributed by atoms with E-state index in [1.54, 1.807) is 0 Å². The summed E-state index contributed by atoms with van der Waals surface area (Å²) in [5.41, 5.74) is 5.12. The third-order valence-corrected chi connectivity index (χ3v) is 4.64. The first-order valence-corrected chi connectivity index (χ1v) is 7.93. The average molecular weight is 302 g/mol. The normalized spacial score (nSPS) is 17.6. The predicted octanol–water partition coefficient (Wildman–Crippen LogP) is 1.70. The Morgan fingerprint density at radius 2 is 2.09 bits per heavy atom. The van der Waals surface area contributed by atoms with E-state index >= 15 is 0 Å². The van der Waals surface area contributed by atoms with Crippen LogP contribution in [0.3, 0.4) is 0 Å². The summed E-state index contributed by atoms with van der Waals surface area (Å²) in [6, 6.07) is 0.395. The van der Waals surface area contributed by atoms with E-state index in [-0.39, 0.29) is 0 Å². The summed E-state index contributed by atoms with van der Waals surface area (Å²) in [6.45, 7) is 2.92. The highest BCUT2D eigenvalue weighted by Gasteiger charge is 2.24. The number of aryl methyl sites for hydroxylation is 3. The molecule has 2 aromatic rings. The molecule has 3 rings (SSSR count). The van der Waals surface area contributed by atoms with Gasteiger partial charge in [-0.1, -0.05) is 0 Å². The maximum Gasteiger partial charge on any atom is 0.130 e. The molecule has 0 saturated carbocycles. The molecule has 0 unspecified atom stereocenters. The third-order valence-electron chi connectivity index (χ3n) is 4.64. The van der Waals surface area contributed by atoms with Crippen LogP contribution in [0, 0.1) is 6.92 Å². The molecule has 0 amide bonds. The van der Waals surface area contributed by atoms with E-state index in [9.17, 15) is 0 Å². The van der Waals surface area contributed by atoms with Crippen LogP contribution in [0.2, 0.25) is 0 Å². The Balaban J connectivity index is 1.80. The molecule has 120 valence electrons. The van der Waals surface area contributed by atoms with Gasteiger partial charge in [0.05, 0.1) is 11.9 Å². The summed E-state index contributed by atoms with van der Waals surface area (Å²) in [5.74, 6) is 1.17. The van der Waals surface area contributed by atoms with Crippen LogP contribution in [-0.2, 0) is 27.1 Å². The van der Waals surface area contributed by atoms with Gasteiger partial charge in [0.15, 0.2) is 0 Å². The number of nitrogens with one attached hydrogen (secondary N) is 1. The molecule has 6 nitrogen and oxygen atoms in total. The molecule has 0 bridgehead atoms. The van der Waals surface area contributed by atoms with E-state index in [1.807, 2.05) is 29.7 Å². The van der Waals surface area contributed by atoms with Gasteiger partial charge in [0, 0.05) is 57.6 Å². The molecule has 0 spiro atoms. The number of fused-ring (bicyclic) bond motifs is 1. The Bertz CT molecular complexity index is 666. The zero-order chi connectivity index (χ0) is 15.9. The standard InChI is InChI=1S/C16H26N6/c1-11-12(16(20(2)3)22(5)19-11)9-17-14-7-6-8-15-13(14)10-18-21(15)4/h10,14,17H,6-9H2,1-5H3/t14-/m1/s1. The lowest BCUT2D eigenvalue weighted by molar-refractivity contribution is 0.451. The van der Waals surface area contributed by atoms with Crippen molar-refractivity contribution in [3.8, 4) is 0 Å². The number of aromatic nitrogens is 4. The lowest BCUT2D eigenvalue weighted by Crippen LogP contribution is -2.26. The average Bonchev–Trinajstić information content (AvgIpc) is 2.97. The molecule has 0 saturated heterocycles. The van der Waals surface area contributed by atoms with Crippen LogP contribution in [0.25, 0.3) is 0 Å². The van der Waals surface area contributed by atoms with Gasteiger partial charge in [-0.25, -0.2) is 0 Å². The SMILES string of the molecule is Cc1nn(C)c(N(C)C)c1CN[C@@H]1CCCc2c1cnn2C. The fourth-order valence-corrected chi connectivity index (χ4v) is 3.60. The third kappa shape index (κ3) is 2.52. The minimum atomic E-state index is 0.395. The topological polar surface area (TPSA) is 50.9 Å². The van der Waals surface area contributed by atoms with E-state index in [0.29, 0.717) is 6.04 Å². The Morgan fingerprint density at radius 1 is 1.32 bits per heavy atom. The van der Waals surface area contributed by atoms with Crippen LogP contribution in [-0.4, -0.2) is 33.7 Å². The maximum atomic E-state index is 4.56. The van der Waals surface area contributed by atoms with Gasteiger partial charge >= 0.3 is 0 Å². The van der Waals surface area contributed by atoms with Crippen molar-refractivity contribution in [3.63, 3.8) is 0 Å². The molecule has 0 radical (unpaired) electrons. The van der Waals surface area contributed by atoms with Crippen LogP contribution in [0.5, 0.6) is 0 Å². The first kappa shape index (κ1) is 15.1. The number of hydrogen-bond acceptors (Lipinski definition) is 4. The van der Waals surface area contributed by atoms with E-state index in [0.717, 1.165) is 18.7 Å². The highest BCUT2D eigenvalue weighted by Crippen LogP contribution is 2.30. The van der Waals surface area contributed by atoms with Crippen LogP contribution < -0.4 is 10.2 Å². The molecular weight excluding hydrogens is 276 g/mol. The second-order valence-corrected chi connectivity index (χ2v) is 6.40. The van der Waals surface area contributed by atoms with Gasteiger partial charge in [-0.3, -0.25) is 9.36 Å². The fourth-order valence-electron chi connectivity index (χ4n) is 3.60. The van der Waals surface area contributed by atoms with Crippen LogP contribution in [0.15, 0.2) is 6.20 Å². The molecule has 6 heteroatoms. The van der Waals surface area contributed by atoms with Gasteiger partial charge < -0.3 is 10.2 Å². The molecule has 1 N–H and O–H groups in total. The van der Waals surface area contributed by atoms with Crippen molar-refractivity contribution >= 4 is 5.82 Å². The van der Waals surface area contributed by atoms with Crippen LogP contribution >= 0.6 is 0 Å². The van der Waals surface area contributed by atoms with Gasteiger partial charge in [-0.15, -0.1) is 0 Å². The van der Waals surface area contributed by atoms with Crippen molar-refractivity contribution in [2.45, 2.75) is 38.8 Å². The number of rotatable bonds is 4. The molecule has 0 fully saturated rings. The van der Waals surface area contributed by atoms with Crippen LogP contribution in [0.1, 0.15) is 41.4 Å². The van der Waals surface area contributed by atoms with Crippen molar-refractivity contribution < 1.29 is 0 Å². The molecule has 2 heterocycles. The second-order valence-electron chi connectivity index (χ2n) is 6.40. The van der Waals surface area contributed by atoms with E-state index in [1.165, 1.54) is 35.5 Å². The summed E-state index contributed by atoms with van der Waals surface area (Å²) >= 11 is 0. The first-order chi connectivity index (χ1) is 10.5. The minimum absolute atomic E-state index is 0.395. The summed E-state index contributed by atoms with van der Waals surface area (Å²) < 4.78 is 3.98. The van der Waals surface area contributed by atoms with E-state index < -0.39 is 0 Å². The molecule has 0 aliphatic heterocycles. The molecule has 0 aromatic carbocycles. The molecular formula is C16H26N6. The highest BCUT2D eigenvalue weighted by atomic mass is 15.4. The molecule has 1 aliphatic carbocycles. The lowest BCUT2D eigenvalue weighted by atomic mass is 9.93. The van der Waals surface area contributed by atoms with Crippen molar-refractivity contribution in [2.75, 3.05) is 19.0 Å². The van der Waals surface area contributed by atoms with Gasteiger partial charge in [-0.05, 0) is 26.2 Å². The summed E-state index contributed by atoms with van der Waals surface area (Å²) in [5, 5.41) is 12.7. The number of nitrogens with zero attached hydrogens (tertiary/aromatic N) is 5. The molecule has 22 heavy (non-hydrogen) atoms. The maximum absolute atomic E-state index is 4.56. The van der Waals surface area contributed by atoms with Gasteiger partial charge in [0.25, 0.3) is 0 Å². The van der Waals surface area contributed by atoms with Gasteiger partial charge in [0.1, 0.15) is 5.82 Å². The predicted molar refractivity (Wildman–Crippen MR) is 88.0 cm³/mol. The Kier molecular flexibility index (Phi) is 3.95. The highest BCUT2D eigenvalue weighted by molar-refractivity contribution is 5.49. The van der Waals surface area contributed by atoms with Crippen molar-refractivity contribution in [2.24, 2.45) is 14.1 Å². The lowest BCUT2D eigenvalue weighted by Gasteiger charge is -2.24. The smallest absolute Gasteiger partial charge is 0.130 e. The largest absolute Gasteiger partial charge is 0.363 e. The quantitative estimate of drug-likeness (QED) is 0.934. The Morgan fingerprint density at radius 3 is 2.82 bits per heavy atom. The van der Waals surface area contributed by atoms with Crippen molar-refractivity contribution in [3.05, 3.63) is 28.7 Å². The Labute approximate surface area is 132 Å². The summed E-state index contributed by atoms with van der Waals surface area (Å²) in [7, 11) is 8.18. The zero-order valence-electron chi connectivity index (χ0n) is 14.2. The van der Waals surface area contributed by atoms with E-state index in [4.69, 9.17) is 0 Å².